The lowest BCUT2D eigenvalue weighted by molar-refractivity contribution is 0.307. The van der Waals surface area contributed by atoms with Crippen LogP contribution in [0, 0.1) is 11.6 Å². The molecule has 0 bridgehead atoms. The quantitative estimate of drug-likeness (QED) is 0.558. The topological polar surface area (TPSA) is 3.24 Å². The average molecular weight is 306 g/mol. The van der Waals surface area contributed by atoms with E-state index in [1.165, 1.54) is 12.1 Å². The largest absolute Gasteiger partial charge is 0.302 e. The summed E-state index contributed by atoms with van der Waals surface area (Å²) < 4.78 is 27.5. The van der Waals surface area contributed by atoms with Crippen molar-refractivity contribution in [1.82, 2.24) is 4.90 Å². The molecule has 1 aromatic rings. The Labute approximate surface area is 110 Å². The number of hydrogen-bond acceptors (Lipinski definition) is 1. The van der Waals surface area contributed by atoms with Crippen LogP contribution in [-0.2, 0) is 6.54 Å². The summed E-state index contributed by atoms with van der Waals surface area (Å²) in [5, 5.41) is 0. The lowest BCUT2D eigenvalue weighted by Gasteiger charge is -2.17. The second kappa shape index (κ2) is 7.07. The fourth-order valence-electron chi connectivity index (χ4n) is 1.69. The average Bonchev–Trinajstić information content (AvgIpc) is 2.30. The third kappa shape index (κ3) is 4.36. The highest BCUT2D eigenvalue weighted by Crippen LogP contribution is 2.22. The Morgan fingerprint density at radius 1 is 1.24 bits per heavy atom. The van der Waals surface area contributed by atoms with Gasteiger partial charge in [0.15, 0.2) is 0 Å². The van der Waals surface area contributed by atoms with Crippen molar-refractivity contribution in [2.24, 2.45) is 0 Å². The van der Waals surface area contributed by atoms with E-state index >= 15 is 0 Å². The van der Waals surface area contributed by atoms with E-state index in [9.17, 15) is 8.78 Å². The molecule has 0 heterocycles. The van der Waals surface area contributed by atoms with Crippen molar-refractivity contribution in [2.45, 2.75) is 32.7 Å². The lowest BCUT2D eigenvalue weighted by atomic mass is 10.1. The van der Waals surface area contributed by atoms with Crippen LogP contribution >= 0.6 is 15.9 Å². The minimum atomic E-state index is -0.493. The van der Waals surface area contributed by atoms with Crippen molar-refractivity contribution in [2.75, 3.05) is 13.6 Å². The van der Waals surface area contributed by atoms with Gasteiger partial charge in [-0.1, -0.05) is 19.8 Å². The van der Waals surface area contributed by atoms with Crippen LogP contribution in [0.25, 0.3) is 0 Å². The Hall–Kier alpha value is -0.480. The molecule has 0 atom stereocenters. The molecule has 0 aliphatic carbocycles. The van der Waals surface area contributed by atoms with Crippen LogP contribution in [0.2, 0.25) is 0 Å². The molecule has 0 spiro atoms. The first-order chi connectivity index (χ1) is 8.06. The fraction of sp³-hybridized carbons (Fsp3) is 0.538. The normalized spacial score (nSPS) is 11.2. The Morgan fingerprint density at radius 2 is 1.94 bits per heavy atom. The standard InChI is InChI=1S/C13H18BrF2N/c1-3-4-5-8-17(2)9-10-12(15)7-6-11(14)13(10)16/h6-7H,3-5,8-9H2,1-2H3. The Balaban J connectivity index is 2.64. The molecule has 1 nitrogen and oxygen atoms in total. The van der Waals surface area contributed by atoms with Crippen LogP contribution in [0.4, 0.5) is 8.78 Å². The molecular weight excluding hydrogens is 288 g/mol. The first-order valence-electron chi connectivity index (χ1n) is 5.87. The number of rotatable bonds is 6. The SMILES string of the molecule is CCCCCN(C)Cc1c(F)ccc(Br)c1F. The van der Waals surface area contributed by atoms with Gasteiger partial charge in [-0.25, -0.2) is 8.78 Å². The molecule has 0 unspecified atom stereocenters. The maximum atomic E-state index is 13.7. The van der Waals surface area contributed by atoms with Crippen LogP contribution in [-0.4, -0.2) is 18.5 Å². The predicted molar refractivity (Wildman–Crippen MR) is 69.9 cm³/mol. The summed E-state index contributed by atoms with van der Waals surface area (Å²) in [6, 6.07) is 2.69. The summed E-state index contributed by atoms with van der Waals surface area (Å²) in [6.07, 6.45) is 3.35. The maximum Gasteiger partial charge on any atom is 0.144 e. The van der Waals surface area contributed by atoms with Gasteiger partial charge < -0.3 is 4.90 Å². The van der Waals surface area contributed by atoms with Crippen molar-refractivity contribution in [3.05, 3.63) is 33.8 Å². The molecule has 0 radical (unpaired) electrons. The maximum absolute atomic E-state index is 13.7. The Morgan fingerprint density at radius 3 is 2.59 bits per heavy atom. The molecule has 0 saturated carbocycles. The molecule has 0 aromatic heterocycles. The van der Waals surface area contributed by atoms with Gasteiger partial charge in [0.1, 0.15) is 11.6 Å². The van der Waals surface area contributed by atoms with Crippen LogP contribution in [0.15, 0.2) is 16.6 Å². The number of unbranched alkanes of at least 4 members (excludes halogenated alkanes) is 2. The highest BCUT2D eigenvalue weighted by atomic mass is 79.9. The number of halogens is 3. The van der Waals surface area contributed by atoms with E-state index in [1.807, 2.05) is 11.9 Å². The van der Waals surface area contributed by atoms with Crippen LogP contribution in [0.3, 0.4) is 0 Å². The predicted octanol–water partition coefficient (Wildman–Crippen LogP) is 4.35. The molecule has 0 aliphatic rings. The van der Waals surface area contributed by atoms with Crippen molar-refractivity contribution in [3.8, 4) is 0 Å². The zero-order valence-corrected chi connectivity index (χ0v) is 11.9. The highest BCUT2D eigenvalue weighted by molar-refractivity contribution is 9.10. The lowest BCUT2D eigenvalue weighted by Crippen LogP contribution is -2.20. The van der Waals surface area contributed by atoms with Crippen molar-refractivity contribution >= 4 is 15.9 Å². The van der Waals surface area contributed by atoms with Crippen LogP contribution < -0.4 is 0 Å². The molecule has 0 fully saturated rings. The van der Waals surface area contributed by atoms with Crippen molar-refractivity contribution in [3.63, 3.8) is 0 Å². The van der Waals surface area contributed by atoms with E-state index < -0.39 is 11.6 Å². The molecule has 0 amide bonds. The van der Waals surface area contributed by atoms with E-state index in [0.29, 0.717) is 11.0 Å². The van der Waals surface area contributed by atoms with Gasteiger partial charge in [-0.3, -0.25) is 0 Å². The molecule has 1 rings (SSSR count). The van der Waals surface area contributed by atoms with E-state index in [4.69, 9.17) is 0 Å². The molecular formula is C13H18BrF2N. The fourth-order valence-corrected chi connectivity index (χ4v) is 2.07. The third-order valence-electron chi connectivity index (χ3n) is 2.71. The van der Waals surface area contributed by atoms with Gasteiger partial charge in [0.2, 0.25) is 0 Å². The van der Waals surface area contributed by atoms with Crippen LogP contribution in [0.1, 0.15) is 31.7 Å². The summed E-state index contributed by atoms with van der Waals surface area (Å²) >= 11 is 3.07. The van der Waals surface area contributed by atoms with Gasteiger partial charge in [-0.05, 0) is 48.1 Å². The second-order valence-electron chi connectivity index (χ2n) is 4.27. The Kier molecular flexibility index (Phi) is 6.06. The first-order valence-corrected chi connectivity index (χ1v) is 6.66. The molecule has 96 valence electrons. The van der Waals surface area contributed by atoms with E-state index in [1.54, 1.807) is 0 Å². The molecule has 4 heteroatoms. The zero-order chi connectivity index (χ0) is 12.8. The number of nitrogens with zero attached hydrogens (tertiary/aromatic N) is 1. The number of hydrogen-bond donors (Lipinski definition) is 0. The minimum absolute atomic E-state index is 0.137. The van der Waals surface area contributed by atoms with Gasteiger partial charge >= 0.3 is 0 Å². The zero-order valence-electron chi connectivity index (χ0n) is 10.3. The summed E-state index contributed by atoms with van der Waals surface area (Å²) in [4.78, 5) is 1.95. The molecule has 17 heavy (non-hydrogen) atoms. The summed E-state index contributed by atoms with van der Waals surface area (Å²) in [7, 11) is 1.88. The number of benzene rings is 1. The summed E-state index contributed by atoms with van der Waals surface area (Å²) in [5.74, 6) is -0.972. The second-order valence-corrected chi connectivity index (χ2v) is 5.12. The van der Waals surface area contributed by atoms with Crippen LogP contribution in [0.5, 0.6) is 0 Å². The van der Waals surface area contributed by atoms with E-state index in [0.717, 1.165) is 25.8 Å². The van der Waals surface area contributed by atoms with E-state index in [-0.39, 0.29) is 5.56 Å². The molecule has 0 aliphatic heterocycles. The minimum Gasteiger partial charge on any atom is -0.302 e. The van der Waals surface area contributed by atoms with Gasteiger partial charge in [-0.2, -0.15) is 0 Å². The Bertz CT molecular complexity index is 369. The van der Waals surface area contributed by atoms with E-state index in [2.05, 4.69) is 22.9 Å². The highest BCUT2D eigenvalue weighted by Gasteiger charge is 2.13. The van der Waals surface area contributed by atoms with Gasteiger partial charge in [0.05, 0.1) is 4.47 Å². The molecule has 0 saturated heterocycles. The van der Waals surface area contributed by atoms with Gasteiger partial charge in [0.25, 0.3) is 0 Å². The third-order valence-corrected chi connectivity index (χ3v) is 3.32. The van der Waals surface area contributed by atoms with Gasteiger partial charge in [-0.15, -0.1) is 0 Å². The van der Waals surface area contributed by atoms with Gasteiger partial charge in [0, 0.05) is 12.1 Å². The first kappa shape index (κ1) is 14.6. The smallest absolute Gasteiger partial charge is 0.144 e. The monoisotopic (exact) mass is 305 g/mol. The molecule has 0 N–H and O–H groups in total. The molecule has 1 aromatic carbocycles. The summed E-state index contributed by atoms with van der Waals surface area (Å²) in [5.41, 5.74) is 0.137. The van der Waals surface area contributed by atoms with Crippen molar-refractivity contribution < 1.29 is 8.78 Å². The summed E-state index contributed by atoms with van der Waals surface area (Å²) in [6.45, 7) is 3.30. The van der Waals surface area contributed by atoms with Crippen molar-refractivity contribution in [1.29, 1.82) is 0 Å².